The lowest BCUT2D eigenvalue weighted by molar-refractivity contribution is -0.458. The minimum Gasteiger partial charge on any atom is -0.497 e. The summed E-state index contributed by atoms with van der Waals surface area (Å²) in [7, 11) is 9.76. The van der Waals surface area contributed by atoms with Gasteiger partial charge in [-0.1, -0.05) is 12.1 Å². The summed E-state index contributed by atoms with van der Waals surface area (Å²) >= 11 is 0. The van der Waals surface area contributed by atoms with E-state index in [0.717, 1.165) is 5.75 Å². The Labute approximate surface area is 104 Å². The van der Waals surface area contributed by atoms with Crippen molar-refractivity contribution in [2.45, 2.75) is 0 Å². The van der Waals surface area contributed by atoms with Gasteiger partial charge in [-0.25, -0.2) is 4.58 Å². The van der Waals surface area contributed by atoms with Crippen LogP contribution in [0.3, 0.4) is 0 Å². The highest BCUT2D eigenvalue weighted by molar-refractivity contribution is 6.07. The molecular formula is C14H21N2O+. The highest BCUT2D eigenvalue weighted by Gasteiger charge is 2.03. The van der Waals surface area contributed by atoms with Crippen LogP contribution in [0.1, 0.15) is 5.56 Å². The average Bonchev–Trinajstić information content (AvgIpc) is 2.27. The molecule has 1 aromatic carbocycles. The van der Waals surface area contributed by atoms with Crippen LogP contribution in [0.2, 0.25) is 0 Å². The van der Waals surface area contributed by atoms with E-state index in [-0.39, 0.29) is 0 Å². The van der Waals surface area contributed by atoms with Crippen LogP contribution < -0.4 is 4.74 Å². The van der Waals surface area contributed by atoms with E-state index in [1.165, 1.54) is 11.1 Å². The Hall–Kier alpha value is -1.77. The predicted octanol–water partition coefficient (Wildman–Crippen LogP) is 1.94. The molecule has 0 heterocycles. The first-order valence-electron chi connectivity index (χ1n) is 5.57. The minimum absolute atomic E-state index is 0.878. The highest BCUT2D eigenvalue weighted by atomic mass is 16.5. The molecule has 0 radical (unpaired) electrons. The summed E-state index contributed by atoms with van der Waals surface area (Å²) in [6.07, 6.45) is 4.20. The molecule has 0 N–H and O–H groups in total. The third-order valence-corrected chi connectivity index (χ3v) is 2.22. The quantitative estimate of drug-likeness (QED) is 0.583. The number of benzene rings is 1. The Bertz CT molecular complexity index is 412. The summed E-state index contributed by atoms with van der Waals surface area (Å²) in [5.41, 5.74) is 2.34. The van der Waals surface area contributed by atoms with Crippen molar-refractivity contribution in [3.8, 4) is 5.75 Å². The first kappa shape index (κ1) is 13.3. The SMILES string of the molecule is COc1ccc(/C(C=[N+](C)C)=C/N(C)C)cc1. The molecule has 0 aliphatic carbocycles. The van der Waals surface area contributed by atoms with Gasteiger partial charge in [-0.2, -0.15) is 0 Å². The van der Waals surface area contributed by atoms with Gasteiger partial charge in [-0.15, -0.1) is 0 Å². The van der Waals surface area contributed by atoms with Gasteiger partial charge in [0.1, 0.15) is 19.8 Å². The van der Waals surface area contributed by atoms with Crippen LogP contribution in [0.15, 0.2) is 30.5 Å². The molecule has 0 saturated carbocycles. The maximum Gasteiger partial charge on any atom is 0.172 e. The first-order chi connectivity index (χ1) is 8.02. The van der Waals surface area contributed by atoms with Crippen LogP contribution in [0.4, 0.5) is 0 Å². The lowest BCUT2D eigenvalue weighted by atomic mass is 10.1. The van der Waals surface area contributed by atoms with Crippen LogP contribution in [-0.4, -0.2) is 51.0 Å². The van der Waals surface area contributed by atoms with Crippen LogP contribution >= 0.6 is 0 Å². The van der Waals surface area contributed by atoms with Crippen LogP contribution in [-0.2, 0) is 0 Å². The topological polar surface area (TPSA) is 15.5 Å². The minimum atomic E-state index is 0.878. The van der Waals surface area contributed by atoms with Crippen molar-refractivity contribution in [3.05, 3.63) is 36.0 Å². The monoisotopic (exact) mass is 233 g/mol. The number of allylic oxidation sites excluding steroid dienone is 1. The van der Waals surface area contributed by atoms with E-state index in [9.17, 15) is 0 Å². The predicted molar refractivity (Wildman–Crippen MR) is 72.8 cm³/mol. The molecule has 0 amide bonds. The zero-order valence-electron chi connectivity index (χ0n) is 11.3. The maximum atomic E-state index is 5.16. The van der Waals surface area contributed by atoms with Crippen LogP contribution in [0.25, 0.3) is 5.57 Å². The summed E-state index contributed by atoms with van der Waals surface area (Å²) in [6, 6.07) is 8.08. The molecule has 0 atom stereocenters. The fraction of sp³-hybridized carbons (Fsp3) is 0.357. The van der Waals surface area contributed by atoms with Crippen molar-refractivity contribution in [1.29, 1.82) is 0 Å². The van der Waals surface area contributed by atoms with Crippen molar-refractivity contribution in [2.24, 2.45) is 0 Å². The van der Waals surface area contributed by atoms with Gasteiger partial charge in [0.2, 0.25) is 0 Å². The number of hydrogen-bond acceptors (Lipinski definition) is 2. The third kappa shape index (κ3) is 4.31. The molecule has 1 aromatic rings. The normalized spacial score (nSPS) is 11.0. The van der Waals surface area contributed by atoms with Gasteiger partial charge in [-0.05, 0) is 17.7 Å². The number of hydrogen-bond donors (Lipinski definition) is 0. The molecule has 0 unspecified atom stereocenters. The van der Waals surface area contributed by atoms with Gasteiger partial charge < -0.3 is 9.64 Å². The molecule has 0 saturated heterocycles. The highest BCUT2D eigenvalue weighted by Crippen LogP contribution is 2.17. The third-order valence-electron chi connectivity index (χ3n) is 2.22. The molecule has 0 aliphatic heterocycles. The van der Waals surface area contributed by atoms with Crippen molar-refractivity contribution >= 4 is 11.8 Å². The van der Waals surface area contributed by atoms with E-state index < -0.39 is 0 Å². The molecule has 17 heavy (non-hydrogen) atoms. The number of rotatable bonds is 4. The van der Waals surface area contributed by atoms with Gasteiger partial charge in [0.05, 0.1) is 12.7 Å². The lowest BCUT2D eigenvalue weighted by Crippen LogP contribution is -2.07. The Morgan fingerprint density at radius 3 is 2.18 bits per heavy atom. The number of methoxy groups -OCH3 is 1. The second kappa shape index (κ2) is 6.09. The Balaban J connectivity index is 3.09. The average molecular weight is 233 g/mol. The molecule has 0 aromatic heterocycles. The molecule has 92 valence electrons. The standard InChI is InChI=1S/C14H21N2O/c1-15(2)10-13(11-16(3)4)12-6-8-14(17-5)9-7-12/h6-11H,1-5H3/q+1. The van der Waals surface area contributed by atoms with E-state index in [0.29, 0.717) is 0 Å². The van der Waals surface area contributed by atoms with Crippen molar-refractivity contribution in [3.63, 3.8) is 0 Å². The Kier molecular flexibility index (Phi) is 4.76. The summed E-state index contributed by atoms with van der Waals surface area (Å²) in [5.74, 6) is 0.878. The van der Waals surface area contributed by atoms with Gasteiger partial charge >= 0.3 is 0 Å². The zero-order chi connectivity index (χ0) is 12.8. The van der Waals surface area contributed by atoms with Crippen LogP contribution in [0.5, 0.6) is 5.75 Å². The molecule has 0 aliphatic rings. The largest absolute Gasteiger partial charge is 0.497 e. The first-order valence-corrected chi connectivity index (χ1v) is 5.57. The smallest absolute Gasteiger partial charge is 0.172 e. The number of nitrogens with zero attached hydrogens (tertiary/aromatic N) is 2. The van der Waals surface area contributed by atoms with Crippen molar-refractivity contribution in [2.75, 3.05) is 35.3 Å². The molecule has 0 fully saturated rings. The Morgan fingerprint density at radius 1 is 1.18 bits per heavy atom. The van der Waals surface area contributed by atoms with E-state index in [2.05, 4.69) is 24.5 Å². The van der Waals surface area contributed by atoms with E-state index >= 15 is 0 Å². The molecule has 0 spiro atoms. The number of ether oxygens (including phenoxy) is 1. The summed E-state index contributed by atoms with van der Waals surface area (Å²) in [4.78, 5) is 2.04. The summed E-state index contributed by atoms with van der Waals surface area (Å²) in [5, 5.41) is 0. The second-order valence-electron chi connectivity index (χ2n) is 4.37. The molecular weight excluding hydrogens is 212 g/mol. The van der Waals surface area contributed by atoms with Crippen LogP contribution in [0, 0.1) is 0 Å². The Morgan fingerprint density at radius 2 is 1.76 bits per heavy atom. The molecule has 0 bridgehead atoms. The summed E-state index contributed by atoms with van der Waals surface area (Å²) < 4.78 is 7.20. The van der Waals surface area contributed by atoms with E-state index in [1.54, 1.807) is 7.11 Å². The maximum absolute atomic E-state index is 5.16. The van der Waals surface area contributed by atoms with E-state index in [4.69, 9.17) is 4.74 Å². The zero-order valence-corrected chi connectivity index (χ0v) is 11.3. The van der Waals surface area contributed by atoms with Crippen molar-refractivity contribution < 1.29 is 9.31 Å². The van der Waals surface area contributed by atoms with Gasteiger partial charge in [0.15, 0.2) is 6.21 Å². The molecule has 1 rings (SSSR count). The lowest BCUT2D eigenvalue weighted by Gasteiger charge is -2.08. The second-order valence-corrected chi connectivity index (χ2v) is 4.37. The molecule has 3 nitrogen and oxygen atoms in total. The van der Waals surface area contributed by atoms with Gasteiger partial charge in [0.25, 0.3) is 0 Å². The summed E-state index contributed by atoms with van der Waals surface area (Å²) in [6.45, 7) is 0. The van der Waals surface area contributed by atoms with Gasteiger partial charge in [0, 0.05) is 20.3 Å². The molecule has 3 heteroatoms. The van der Waals surface area contributed by atoms with Gasteiger partial charge in [-0.3, -0.25) is 0 Å². The fourth-order valence-corrected chi connectivity index (χ4v) is 1.52. The van der Waals surface area contributed by atoms with Crippen molar-refractivity contribution in [1.82, 2.24) is 4.90 Å². The fourth-order valence-electron chi connectivity index (χ4n) is 1.52. The van der Waals surface area contributed by atoms with E-state index in [1.807, 2.05) is 49.8 Å².